The number of sulfonamides is 1. The quantitative estimate of drug-likeness (QED) is 0.787. The third-order valence-electron chi connectivity index (χ3n) is 4.27. The Kier molecular flexibility index (Phi) is 6.55. The number of halogens is 2. The van der Waals surface area contributed by atoms with Crippen LogP contribution in [0.2, 0.25) is 10.0 Å². The second-order valence-electron chi connectivity index (χ2n) is 6.03. The number of benzene rings is 2. The molecule has 140 valence electrons. The molecule has 8 heteroatoms. The number of rotatable bonds is 6. The van der Waals surface area contributed by atoms with Crippen LogP contribution in [0.1, 0.15) is 11.1 Å². The summed E-state index contributed by atoms with van der Waals surface area (Å²) in [4.78, 5) is 2.28. The molecule has 2 aromatic carbocycles. The number of nitrogens with one attached hydrogen (secondary N) is 1. The molecule has 0 aromatic heterocycles. The lowest BCUT2D eigenvalue weighted by atomic mass is 10.1. The lowest BCUT2D eigenvalue weighted by Gasteiger charge is -2.27. The summed E-state index contributed by atoms with van der Waals surface area (Å²) in [5.74, 6) is 0. The lowest BCUT2D eigenvalue weighted by molar-refractivity contribution is 0.0341. The second-order valence-corrected chi connectivity index (χ2v) is 8.55. The average Bonchev–Trinajstić information content (AvgIpc) is 2.64. The molecule has 2 aromatic rings. The number of nitrogens with zero attached hydrogens (tertiary/aromatic N) is 1. The molecule has 1 aliphatic heterocycles. The van der Waals surface area contributed by atoms with Crippen molar-refractivity contribution >= 4 is 33.2 Å². The van der Waals surface area contributed by atoms with Gasteiger partial charge in [0.2, 0.25) is 10.0 Å². The maximum Gasteiger partial charge on any atom is 0.242 e. The Balaban J connectivity index is 1.74. The van der Waals surface area contributed by atoms with Crippen molar-refractivity contribution in [2.75, 3.05) is 26.3 Å². The van der Waals surface area contributed by atoms with Gasteiger partial charge in [-0.3, -0.25) is 4.90 Å². The number of hydrogen-bond donors (Lipinski definition) is 1. The molecule has 1 saturated heterocycles. The average molecular weight is 415 g/mol. The summed E-state index contributed by atoms with van der Waals surface area (Å²) in [6.45, 7) is 4.14. The Labute approximate surface area is 163 Å². The molecular weight excluding hydrogens is 395 g/mol. The van der Waals surface area contributed by atoms with Gasteiger partial charge in [-0.1, -0.05) is 53.5 Å². The van der Waals surface area contributed by atoms with Crippen molar-refractivity contribution in [3.8, 4) is 0 Å². The van der Waals surface area contributed by atoms with E-state index in [1.807, 2.05) is 24.3 Å². The van der Waals surface area contributed by atoms with Crippen molar-refractivity contribution < 1.29 is 13.2 Å². The molecule has 0 unspecified atom stereocenters. The van der Waals surface area contributed by atoms with Gasteiger partial charge in [-0.05, 0) is 23.3 Å². The molecule has 3 rings (SSSR count). The molecule has 0 radical (unpaired) electrons. The van der Waals surface area contributed by atoms with E-state index in [9.17, 15) is 8.42 Å². The second kappa shape index (κ2) is 8.69. The molecule has 0 saturated carbocycles. The number of morpholine rings is 1. The standard InChI is InChI=1S/C18H20Cl2N2O3S/c19-16-6-3-7-17(18(16)20)26(23,24)21-12-14-4-1-2-5-15(14)13-22-8-10-25-11-9-22/h1-7,21H,8-13H2. The van der Waals surface area contributed by atoms with Gasteiger partial charge < -0.3 is 4.74 Å². The van der Waals surface area contributed by atoms with E-state index in [0.717, 1.165) is 44.0 Å². The van der Waals surface area contributed by atoms with Gasteiger partial charge in [0.25, 0.3) is 0 Å². The van der Waals surface area contributed by atoms with Crippen molar-refractivity contribution in [2.45, 2.75) is 18.0 Å². The molecule has 0 bridgehead atoms. The minimum Gasteiger partial charge on any atom is -0.379 e. The molecule has 1 N–H and O–H groups in total. The first kappa shape index (κ1) is 19.6. The van der Waals surface area contributed by atoms with Crippen LogP contribution >= 0.6 is 23.2 Å². The Morgan fingerprint density at radius 3 is 2.42 bits per heavy atom. The first-order chi connectivity index (χ1) is 12.5. The highest BCUT2D eigenvalue weighted by Gasteiger charge is 2.20. The molecule has 1 heterocycles. The highest BCUT2D eigenvalue weighted by Crippen LogP contribution is 2.29. The van der Waals surface area contributed by atoms with Crippen LogP contribution in [0.3, 0.4) is 0 Å². The SMILES string of the molecule is O=S(=O)(NCc1ccccc1CN1CCOCC1)c1cccc(Cl)c1Cl. The molecule has 26 heavy (non-hydrogen) atoms. The van der Waals surface area contributed by atoms with Gasteiger partial charge in [-0.15, -0.1) is 0 Å². The van der Waals surface area contributed by atoms with Crippen LogP contribution in [0.25, 0.3) is 0 Å². The summed E-state index contributed by atoms with van der Waals surface area (Å²) in [6, 6.07) is 12.4. The van der Waals surface area contributed by atoms with Crippen LogP contribution in [0.4, 0.5) is 0 Å². The monoisotopic (exact) mass is 414 g/mol. The number of ether oxygens (including phenoxy) is 1. The van der Waals surface area contributed by atoms with E-state index >= 15 is 0 Å². The van der Waals surface area contributed by atoms with E-state index in [1.165, 1.54) is 6.07 Å². The molecule has 0 amide bonds. The Morgan fingerprint density at radius 2 is 1.69 bits per heavy atom. The highest BCUT2D eigenvalue weighted by molar-refractivity contribution is 7.89. The third-order valence-corrected chi connectivity index (χ3v) is 6.65. The molecule has 0 atom stereocenters. The summed E-state index contributed by atoms with van der Waals surface area (Å²) in [6.07, 6.45) is 0. The molecule has 1 aliphatic rings. The van der Waals surface area contributed by atoms with E-state index in [0.29, 0.717) is 0 Å². The van der Waals surface area contributed by atoms with Gasteiger partial charge in [-0.2, -0.15) is 0 Å². The first-order valence-corrected chi connectivity index (χ1v) is 10.5. The minimum atomic E-state index is -3.76. The van der Waals surface area contributed by atoms with Gasteiger partial charge in [-0.25, -0.2) is 13.1 Å². The maximum absolute atomic E-state index is 12.6. The Morgan fingerprint density at radius 1 is 1.00 bits per heavy atom. The molecule has 0 aliphatic carbocycles. The van der Waals surface area contributed by atoms with Gasteiger partial charge in [0.15, 0.2) is 0 Å². The van der Waals surface area contributed by atoms with Gasteiger partial charge in [0, 0.05) is 26.2 Å². The first-order valence-electron chi connectivity index (χ1n) is 8.28. The highest BCUT2D eigenvalue weighted by atomic mass is 35.5. The van der Waals surface area contributed by atoms with Crippen LogP contribution in [0.5, 0.6) is 0 Å². The van der Waals surface area contributed by atoms with Crippen LogP contribution in [-0.4, -0.2) is 39.6 Å². The predicted molar refractivity (Wildman–Crippen MR) is 103 cm³/mol. The van der Waals surface area contributed by atoms with Gasteiger partial charge in [0.05, 0.1) is 23.3 Å². The van der Waals surface area contributed by atoms with Gasteiger partial charge >= 0.3 is 0 Å². The molecule has 5 nitrogen and oxygen atoms in total. The Bertz CT molecular complexity index is 868. The summed E-state index contributed by atoms with van der Waals surface area (Å²) >= 11 is 12.0. The van der Waals surface area contributed by atoms with E-state index in [2.05, 4.69) is 9.62 Å². The normalized spacial score (nSPS) is 15.9. The van der Waals surface area contributed by atoms with Crippen molar-refractivity contribution in [1.82, 2.24) is 9.62 Å². The van der Waals surface area contributed by atoms with Crippen molar-refractivity contribution in [3.05, 3.63) is 63.6 Å². The zero-order valence-electron chi connectivity index (χ0n) is 14.1. The van der Waals surface area contributed by atoms with Crippen molar-refractivity contribution in [3.63, 3.8) is 0 Å². The fourth-order valence-electron chi connectivity index (χ4n) is 2.83. The van der Waals surface area contributed by atoms with E-state index < -0.39 is 10.0 Å². The largest absolute Gasteiger partial charge is 0.379 e. The summed E-state index contributed by atoms with van der Waals surface area (Å²) in [7, 11) is -3.76. The summed E-state index contributed by atoms with van der Waals surface area (Å²) < 4.78 is 33.2. The van der Waals surface area contributed by atoms with Crippen molar-refractivity contribution in [2.24, 2.45) is 0 Å². The molecule has 0 spiro atoms. The topological polar surface area (TPSA) is 58.6 Å². The zero-order valence-corrected chi connectivity index (χ0v) is 16.4. The summed E-state index contributed by atoms with van der Waals surface area (Å²) in [5.41, 5.74) is 2.02. The van der Waals surface area contributed by atoms with Crippen LogP contribution in [0.15, 0.2) is 47.4 Å². The molecular formula is C18H20Cl2N2O3S. The fraction of sp³-hybridized carbons (Fsp3) is 0.333. The van der Waals surface area contributed by atoms with Crippen LogP contribution < -0.4 is 4.72 Å². The third kappa shape index (κ3) is 4.76. The smallest absolute Gasteiger partial charge is 0.242 e. The maximum atomic E-state index is 12.6. The minimum absolute atomic E-state index is 0.0164. The predicted octanol–water partition coefficient (Wildman–Crippen LogP) is 3.30. The van der Waals surface area contributed by atoms with E-state index in [-0.39, 0.29) is 21.5 Å². The lowest BCUT2D eigenvalue weighted by Crippen LogP contribution is -2.36. The molecule has 1 fully saturated rings. The summed E-state index contributed by atoms with van der Waals surface area (Å²) in [5, 5.41) is 0.241. The van der Waals surface area contributed by atoms with E-state index in [1.54, 1.807) is 12.1 Å². The van der Waals surface area contributed by atoms with Crippen LogP contribution in [0, 0.1) is 0 Å². The fourth-order valence-corrected chi connectivity index (χ4v) is 4.59. The van der Waals surface area contributed by atoms with Gasteiger partial charge in [0.1, 0.15) is 4.90 Å². The number of hydrogen-bond acceptors (Lipinski definition) is 4. The van der Waals surface area contributed by atoms with Crippen molar-refractivity contribution in [1.29, 1.82) is 0 Å². The van der Waals surface area contributed by atoms with E-state index in [4.69, 9.17) is 27.9 Å². The Hall–Kier alpha value is -1.15. The zero-order chi connectivity index (χ0) is 18.6. The van der Waals surface area contributed by atoms with Crippen LogP contribution in [-0.2, 0) is 27.8 Å².